The lowest BCUT2D eigenvalue weighted by Crippen LogP contribution is -2.19. The molecule has 1 saturated carbocycles. The number of nitro groups is 1. The van der Waals surface area contributed by atoms with Crippen molar-refractivity contribution in [1.29, 1.82) is 0 Å². The molecule has 21 heavy (non-hydrogen) atoms. The Hall–Kier alpha value is -1.58. The van der Waals surface area contributed by atoms with Crippen LogP contribution >= 0.6 is 0 Å². The minimum absolute atomic E-state index is 0.203. The SMILES string of the molecule is CCC1CCCC(Nc2cc(C)c(C)cc2[N+](=O)[O-])CC1. The normalized spacial score (nSPS) is 22.6. The van der Waals surface area contributed by atoms with Gasteiger partial charge in [-0.15, -0.1) is 0 Å². The summed E-state index contributed by atoms with van der Waals surface area (Å²) in [5.74, 6) is 0.825. The van der Waals surface area contributed by atoms with Crippen molar-refractivity contribution in [1.82, 2.24) is 0 Å². The molecule has 1 aliphatic rings. The minimum Gasteiger partial charge on any atom is -0.377 e. The first-order valence-corrected chi connectivity index (χ1v) is 8.03. The van der Waals surface area contributed by atoms with Gasteiger partial charge in [-0.05, 0) is 56.2 Å². The zero-order valence-corrected chi connectivity index (χ0v) is 13.3. The molecule has 0 saturated heterocycles. The van der Waals surface area contributed by atoms with Crippen LogP contribution in [-0.2, 0) is 0 Å². The summed E-state index contributed by atoms with van der Waals surface area (Å²) in [4.78, 5) is 11.0. The van der Waals surface area contributed by atoms with Crippen molar-refractivity contribution in [3.8, 4) is 0 Å². The first-order valence-electron chi connectivity index (χ1n) is 8.03. The van der Waals surface area contributed by atoms with Crippen molar-refractivity contribution in [2.24, 2.45) is 5.92 Å². The Balaban J connectivity index is 2.15. The topological polar surface area (TPSA) is 55.2 Å². The van der Waals surface area contributed by atoms with E-state index in [4.69, 9.17) is 0 Å². The fourth-order valence-electron chi connectivity index (χ4n) is 3.22. The highest BCUT2D eigenvalue weighted by atomic mass is 16.6. The van der Waals surface area contributed by atoms with Gasteiger partial charge in [0.05, 0.1) is 4.92 Å². The van der Waals surface area contributed by atoms with E-state index in [-0.39, 0.29) is 10.6 Å². The van der Waals surface area contributed by atoms with Crippen LogP contribution in [0, 0.1) is 29.9 Å². The summed E-state index contributed by atoms with van der Waals surface area (Å²) in [6.07, 6.45) is 7.21. The number of nitro benzene ring substituents is 1. The predicted molar refractivity (Wildman–Crippen MR) is 86.8 cm³/mol. The summed E-state index contributed by atoms with van der Waals surface area (Å²) in [6, 6.07) is 3.97. The number of hydrogen-bond acceptors (Lipinski definition) is 3. The van der Waals surface area contributed by atoms with Crippen LogP contribution in [0.4, 0.5) is 11.4 Å². The third-order valence-electron chi connectivity index (χ3n) is 4.83. The third-order valence-corrected chi connectivity index (χ3v) is 4.83. The number of benzene rings is 1. The van der Waals surface area contributed by atoms with E-state index in [1.165, 1.54) is 25.7 Å². The van der Waals surface area contributed by atoms with E-state index >= 15 is 0 Å². The van der Waals surface area contributed by atoms with E-state index in [0.29, 0.717) is 11.7 Å². The van der Waals surface area contributed by atoms with Crippen molar-refractivity contribution >= 4 is 11.4 Å². The van der Waals surface area contributed by atoms with Gasteiger partial charge in [-0.25, -0.2) is 0 Å². The standard InChI is InChI=1S/C17H26N2O2/c1-4-14-6-5-7-15(9-8-14)18-16-10-12(2)13(3)11-17(16)19(20)21/h10-11,14-15,18H,4-9H2,1-3H3. The van der Waals surface area contributed by atoms with Crippen LogP contribution in [0.3, 0.4) is 0 Å². The van der Waals surface area contributed by atoms with Gasteiger partial charge in [-0.1, -0.05) is 26.2 Å². The maximum Gasteiger partial charge on any atom is 0.292 e. The van der Waals surface area contributed by atoms with Crippen LogP contribution < -0.4 is 5.32 Å². The van der Waals surface area contributed by atoms with Gasteiger partial charge >= 0.3 is 0 Å². The summed E-state index contributed by atoms with van der Waals surface area (Å²) in [6.45, 7) is 6.18. The molecule has 1 fully saturated rings. The van der Waals surface area contributed by atoms with Gasteiger partial charge < -0.3 is 5.32 Å². The molecule has 1 aromatic rings. The number of aryl methyl sites for hydroxylation is 2. The van der Waals surface area contributed by atoms with E-state index in [2.05, 4.69) is 12.2 Å². The molecule has 4 nitrogen and oxygen atoms in total. The van der Waals surface area contributed by atoms with Gasteiger partial charge in [-0.3, -0.25) is 10.1 Å². The van der Waals surface area contributed by atoms with Gasteiger partial charge in [0.25, 0.3) is 5.69 Å². The van der Waals surface area contributed by atoms with E-state index in [1.54, 1.807) is 6.07 Å². The molecule has 0 aromatic heterocycles. The molecule has 1 aromatic carbocycles. The lowest BCUT2D eigenvalue weighted by atomic mass is 9.97. The van der Waals surface area contributed by atoms with Crippen LogP contribution in [-0.4, -0.2) is 11.0 Å². The second kappa shape index (κ2) is 6.92. The predicted octanol–water partition coefficient (Wildman–Crippen LogP) is 4.98. The van der Waals surface area contributed by atoms with Gasteiger partial charge in [0, 0.05) is 12.1 Å². The lowest BCUT2D eigenvalue weighted by Gasteiger charge is -2.19. The van der Waals surface area contributed by atoms with Gasteiger partial charge in [0.1, 0.15) is 5.69 Å². The van der Waals surface area contributed by atoms with Gasteiger partial charge in [-0.2, -0.15) is 0 Å². The fraction of sp³-hybridized carbons (Fsp3) is 0.647. The van der Waals surface area contributed by atoms with Crippen molar-refractivity contribution < 1.29 is 4.92 Å². The molecule has 0 aliphatic heterocycles. The molecular formula is C17H26N2O2. The molecule has 0 amide bonds. The Morgan fingerprint density at radius 3 is 2.57 bits per heavy atom. The van der Waals surface area contributed by atoms with E-state index in [1.807, 2.05) is 19.9 Å². The average Bonchev–Trinajstić information content (AvgIpc) is 2.67. The molecule has 0 heterocycles. The fourth-order valence-corrected chi connectivity index (χ4v) is 3.22. The lowest BCUT2D eigenvalue weighted by molar-refractivity contribution is -0.384. The highest BCUT2D eigenvalue weighted by molar-refractivity contribution is 5.64. The van der Waals surface area contributed by atoms with Crippen LogP contribution in [0.15, 0.2) is 12.1 Å². The molecule has 1 N–H and O–H groups in total. The van der Waals surface area contributed by atoms with Crippen molar-refractivity contribution in [2.45, 2.75) is 65.3 Å². The highest BCUT2D eigenvalue weighted by Gasteiger charge is 2.21. The first kappa shape index (κ1) is 15.8. The average molecular weight is 290 g/mol. The van der Waals surface area contributed by atoms with E-state index in [0.717, 1.165) is 29.9 Å². The number of hydrogen-bond donors (Lipinski definition) is 1. The van der Waals surface area contributed by atoms with Gasteiger partial charge in [0.15, 0.2) is 0 Å². The van der Waals surface area contributed by atoms with Crippen LogP contribution in [0.2, 0.25) is 0 Å². The molecule has 2 atom stereocenters. The summed E-state index contributed by atoms with van der Waals surface area (Å²) >= 11 is 0. The van der Waals surface area contributed by atoms with Crippen LogP contribution in [0.1, 0.15) is 56.6 Å². The summed E-state index contributed by atoms with van der Waals surface area (Å²) in [7, 11) is 0. The zero-order valence-electron chi connectivity index (χ0n) is 13.3. The molecule has 0 bridgehead atoms. The maximum absolute atomic E-state index is 11.3. The Kier molecular flexibility index (Phi) is 5.21. The second-order valence-corrected chi connectivity index (χ2v) is 6.33. The summed E-state index contributed by atoms with van der Waals surface area (Å²) < 4.78 is 0. The molecular weight excluding hydrogens is 264 g/mol. The molecule has 1 aliphatic carbocycles. The zero-order chi connectivity index (χ0) is 15.4. The second-order valence-electron chi connectivity index (χ2n) is 6.33. The molecule has 0 radical (unpaired) electrons. The largest absolute Gasteiger partial charge is 0.377 e. The van der Waals surface area contributed by atoms with Crippen molar-refractivity contribution in [3.63, 3.8) is 0 Å². The monoisotopic (exact) mass is 290 g/mol. The minimum atomic E-state index is -0.277. The van der Waals surface area contributed by atoms with Crippen LogP contribution in [0.5, 0.6) is 0 Å². The Morgan fingerprint density at radius 1 is 1.19 bits per heavy atom. The highest BCUT2D eigenvalue weighted by Crippen LogP contribution is 2.32. The molecule has 4 heteroatoms. The summed E-state index contributed by atoms with van der Waals surface area (Å²) in [5.41, 5.74) is 2.96. The number of nitrogens with zero attached hydrogens (tertiary/aromatic N) is 1. The molecule has 2 unspecified atom stereocenters. The van der Waals surface area contributed by atoms with Crippen molar-refractivity contribution in [3.05, 3.63) is 33.4 Å². The third kappa shape index (κ3) is 3.96. The first-order chi connectivity index (χ1) is 10.0. The van der Waals surface area contributed by atoms with Gasteiger partial charge in [0.2, 0.25) is 0 Å². The molecule has 2 rings (SSSR count). The number of rotatable bonds is 4. The summed E-state index contributed by atoms with van der Waals surface area (Å²) in [5, 5.41) is 14.7. The number of nitrogens with one attached hydrogen (secondary N) is 1. The maximum atomic E-state index is 11.3. The quantitative estimate of drug-likeness (QED) is 0.483. The molecule has 0 spiro atoms. The smallest absolute Gasteiger partial charge is 0.292 e. The Bertz CT molecular complexity index is 514. The van der Waals surface area contributed by atoms with E-state index in [9.17, 15) is 10.1 Å². The number of anilines is 1. The Labute approximate surface area is 127 Å². The van der Waals surface area contributed by atoms with Crippen LogP contribution in [0.25, 0.3) is 0 Å². The van der Waals surface area contributed by atoms with Crippen molar-refractivity contribution in [2.75, 3.05) is 5.32 Å². The van der Waals surface area contributed by atoms with E-state index < -0.39 is 0 Å². The Morgan fingerprint density at radius 2 is 1.90 bits per heavy atom. The molecule has 116 valence electrons.